The van der Waals surface area contributed by atoms with Crippen LogP contribution in [0.15, 0.2) is 11.6 Å². The lowest BCUT2D eigenvalue weighted by Crippen LogP contribution is -2.42. The smallest absolute Gasteiger partial charge is 0.408 e. The van der Waals surface area contributed by atoms with E-state index in [1.807, 2.05) is 5.38 Å². The van der Waals surface area contributed by atoms with E-state index >= 15 is 0 Å². The van der Waals surface area contributed by atoms with Gasteiger partial charge in [0.05, 0.1) is 17.5 Å². The number of ether oxygens (including phenoxy) is 1. The number of ketones is 1. The van der Waals surface area contributed by atoms with Crippen molar-refractivity contribution in [1.29, 1.82) is 0 Å². The first-order valence-electron chi connectivity index (χ1n) is 5.68. The topological polar surface area (TPSA) is 68.3 Å². The van der Waals surface area contributed by atoms with Crippen molar-refractivity contribution >= 4 is 23.2 Å². The molecule has 1 unspecified atom stereocenters. The SMILES string of the molecule is CC(NC(=O)OC(C)(C)C)C(=O)Cc1nccs1. The summed E-state index contributed by atoms with van der Waals surface area (Å²) in [6, 6.07) is -0.580. The maximum atomic E-state index is 11.8. The minimum Gasteiger partial charge on any atom is -0.444 e. The van der Waals surface area contributed by atoms with E-state index in [9.17, 15) is 9.59 Å². The molecule has 0 fully saturated rings. The van der Waals surface area contributed by atoms with Gasteiger partial charge in [-0.3, -0.25) is 4.79 Å². The van der Waals surface area contributed by atoms with Crippen LogP contribution >= 0.6 is 11.3 Å². The van der Waals surface area contributed by atoms with Gasteiger partial charge in [0.15, 0.2) is 5.78 Å². The number of carbonyl (C=O) groups excluding carboxylic acids is 2. The minimum atomic E-state index is -0.581. The quantitative estimate of drug-likeness (QED) is 0.910. The van der Waals surface area contributed by atoms with Crippen molar-refractivity contribution in [3.05, 3.63) is 16.6 Å². The Bertz CT molecular complexity index is 409. The van der Waals surface area contributed by atoms with Gasteiger partial charge >= 0.3 is 6.09 Å². The van der Waals surface area contributed by atoms with E-state index in [1.54, 1.807) is 33.9 Å². The van der Waals surface area contributed by atoms with Gasteiger partial charge in [-0.25, -0.2) is 9.78 Å². The molecule has 0 spiro atoms. The number of nitrogens with one attached hydrogen (secondary N) is 1. The van der Waals surface area contributed by atoms with E-state index in [-0.39, 0.29) is 12.2 Å². The first kappa shape index (κ1) is 14.6. The van der Waals surface area contributed by atoms with Gasteiger partial charge in [-0.05, 0) is 27.7 Å². The molecule has 1 atom stereocenters. The Morgan fingerprint density at radius 1 is 1.50 bits per heavy atom. The number of aromatic nitrogens is 1. The highest BCUT2D eigenvalue weighted by molar-refractivity contribution is 7.09. The van der Waals surface area contributed by atoms with Crippen LogP contribution in [0.25, 0.3) is 0 Å². The van der Waals surface area contributed by atoms with E-state index < -0.39 is 17.7 Å². The third-order valence-electron chi connectivity index (χ3n) is 2.03. The molecule has 0 aliphatic carbocycles. The molecule has 0 saturated heterocycles. The van der Waals surface area contributed by atoms with Crippen LogP contribution in [0.4, 0.5) is 4.79 Å². The molecule has 0 aliphatic heterocycles. The van der Waals surface area contributed by atoms with Gasteiger partial charge in [-0.15, -0.1) is 11.3 Å². The van der Waals surface area contributed by atoms with Crippen LogP contribution in [-0.2, 0) is 16.0 Å². The summed E-state index contributed by atoms with van der Waals surface area (Å²) in [4.78, 5) is 27.3. The predicted octanol–water partition coefficient (Wildman–Crippen LogP) is 2.17. The molecule has 0 saturated carbocycles. The van der Waals surface area contributed by atoms with Gasteiger partial charge < -0.3 is 10.1 Å². The number of nitrogens with zero attached hydrogens (tertiary/aromatic N) is 1. The Hall–Kier alpha value is -1.43. The molecule has 0 aromatic carbocycles. The fraction of sp³-hybridized carbons (Fsp3) is 0.583. The Kier molecular flexibility index (Phi) is 4.84. The van der Waals surface area contributed by atoms with Crippen LogP contribution in [-0.4, -0.2) is 28.5 Å². The van der Waals surface area contributed by atoms with Gasteiger partial charge in [-0.2, -0.15) is 0 Å². The lowest BCUT2D eigenvalue weighted by Gasteiger charge is -2.21. The van der Waals surface area contributed by atoms with Gasteiger partial charge in [0.2, 0.25) is 0 Å². The summed E-state index contributed by atoms with van der Waals surface area (Å²) in [6.07, 6.45) is 1.30. The number of thiazole rings is 1. The summed E-state index contributed by atoms with van der Waals surface area (Å²) in [5.41, 5.74) is -0.567. The summed E-state index contributed by atoms with van der Waals surface area (Å²) in [6.45, 7) is 6.96. The Balaban J connectivity index is 2.42. The Morgan fingerprint density at radius 3 is 2.67 bits per heavy atom. The van der Waals surface area contributed by atoms with E-state index in [0.717, 1.165) is 5.01 Å². The van der Waals surface area contributed by atoms with E-state index in [1.165, 1.54) is 11.3 Å². The standard InChI is InChI=1S/C12H18N2O3S/c1-8(14-11(16)17-12(2,3)4)9(15)7-10-13-5-6-18-10/h5-6,8H,7H2,1-4H3,(H,14,16). The molecule has 1 aromatic rings. The zero-order chi connectivity index (χ0) is 13.8. The highest BCUT2D eigenvalue weighted by Gasteiger charge is 2.21. The first-order valence-corrected chi connectivity index (χ1v) is 6.56. The summed E-state index contributed by atoms with van der Waals surface area (Å²) < 4.78 is 5.08. The average molecular weight is 270 g/mol. The minimum absolute atomic E-state index is 0.0872. The molecule has 1 heterocycles. The van der Waals surface area contributed by atoms with Crippen LogP contribution < -0.4 is 5.32 Å². The Labute approximate surface area is 111 Å². The molecule has 1 N–H and O–H groups in total. The highest BCUT2D eigenvalue weighted by Crippen LogP contribution is 2.08. The van der Waals surface area contributed by atoms with E-state index in [0.29, 0.717) is 0 Å². The van der Waals surface area contributed by atoms with Crippen molar-refractivity contribution in [3.63, 3.8) is 0 Å². The van der Waals surface area contributed by atoms with Crippen molar-refractivity contribution < 1.29 is 14.3 Å². The van der Waals surface area contributed by atoms with Crippen molar-refractivity contribution in [2.24, 2.45) is 0 Å². The lowest BCUT2D eigenvalue weighted by atomic mass is 10.1. The first-order chi connectivity index (χ1) is 8.28. The summed E-state index contributed by atoms with van der Waals surface area (Å²) >= 11 is 1.42. The maximum absolute atomic E-state index is 11.8. The highest BCUT2D eigenvalue weighted by atomic mass is 32.1. The molecule has 5 nitrogen and oxygen atoms in total. The van der Waals surface area contributed by atoms with Gasteiger partial charge in [-0.1, -0.05) is 0 Å². The number of carbonyl (C=O) groups is 2. The number of alkyl carbamates (subject to hydrolysis) is 1. The third kappa shape index (κ3) is 5.27. The molecular formula is C12H18N2O3S. The van der Waals surface area contributed by atoms with Crippen LogP contribution in [0.5, 0.6) is 0 Å². The largest absolute Gasteiger partial charge is 0.444 e. The van der Waals surface area contributed by atoms with Gasteiger partial charge in [0.1, 0.15) is 5.60 Å². The van der Waals surface area contributed by atoms with Crippen molar-refractivity contribution in [2.45, 2.75) is 45.8 Å². The second kappa shape index (κ2) is 5.95. The predicted molar refractivity (Wildman–Crippen MR) is 69.7 cm³/mol. The van der Waals surface area contributed by atoms with Crippen LogP contribution in [0.2, 0.25) is 0 Å². The second-order valence-electron chi connectivity index (χ2n) is 4.94. The lowest BCUT2D eigenvalue weighted by molar-refractivity contribution is -0.120. The molecule has 0 bridgehead atoms. The zero-order valence-corrected chi connectivity index (χ0v) is 11.8. The van der Waals surface area contributed by atoms with Gasteiger partial charge in [0, 0.05) is 11.6 Å². The maximum Gasteiger partial charge on any atom is 0.408 e. The molecule has 6 heteroatoms. The number of rotatable bonds is 4. The number of hydrogen-bond donors (Lipinski definition) is 1. The van der Waals surface area contributed by atoms with Crippen LogP contribution in [0.3, 0.4) is 0 Å². The molecule has 18 heavy (non-hydrogen) atoms. The number of amides is 1. The van der Waals surface area contributed by atoms with E-state index in [4.69, 9.17) is 4.74 Å². The second-order valence-corrected chi connectivity index (χ2v) is 5.92. The molecule has 0 aliphatic rings. The van der Waals surface area contributed by atoms with Crippen LogP contribution in [0, 0.1) is 0 Å². The van der Waals surface area contributed by atoms with Crippen molar-refractivity contribution in [2.75, 3.05) is 0 Å². The molecule has 1 rings (SSSR count). The molecular weight excluding hydrogens is 252 g/mol. The average Bonchev–Trinajstić information content (AvgIpc) is 2.66. The van der Waals surface area contributed by atoms with Crippen molar-refractivity contribution in [3.8, 4) is 0 Å². The Morgan fingerprint density at radius 2 is 2.17 bits per heavy atom. The van der Waals surface area contributed by atoms with E-state index in [2.05, 4.69) is 10.3 Å². The molecule has 1 amide bonds. The zero-order valence-electron chi connectivity index (χ0n) is 11.0. The normalized spacial score (nSPS) is 12.9. The molecule has 0 radical (unpaired) electrons. The monoisotopic (exact) mass is 270 g/mol. The fourth-order valence-corrected chi connectivity index (χ4v) is 1.83. The summed E-state index contributed by atoms with van der Waals surface area (Å²) in [5.74, 6) is -0.0872. The summed E-state index contributed by atoms with van der Waals surface area (Å²) in [5, 5.41) is 5.08. The third-order valence-corrected chi connectivity index (χ3v) is 2.80. The van der Waals surface area contributed by atoms with Crippen molar-refractivity contribution in [1.82, 2.24) is 10.3 Å². The molecule has 100 valence electrons. The molecule has 1 aromatic heterocycles. The fourth-order valence-electron chi connectivity index (χ4n) is 1.21. The summed E-state index contributed by atoms with van der Waals surface area (Å²) in [7, 11) is 0. The number of hydrogen-bond acceptors (Lipinski definition) is 5. The van der Waals surface area contributed by atoms with Gasteiger partial charge in [0.25, 0.3) is 0 Å². The van der Waals surface area contributed by atoms with Crippen LogP contribution in [0.1, 0.15) is 32.7 Å². The number of Topliss-reactive ketones (excluding diaryl/α,β-unsaturated/α-hetero) is 1.